The Bertz CT molecular complexity index is 829. The van der Waals surface area contributed by atoms with Gasteiger partial charge in [0.05, 0.1) is 12.6 Å². The lowest BCUT2D eigenvalue weighted by molar-refractivity contribution is -0.136. The van der Waals surface area contributed by atoms with E-state index in [1.807, 2.05) is 29.8 Å². The largest absolute Gasteiger partial charge is 0.347 e. The molecule has 3 aliphatic heterocycles. The first-order valence-corrected chi connectivity index (χ1v) is 11.7. The van der Waals surface area contributed by atoms with Gasteiger partial charge in [-0.3, -0.25) is 14.5 Å². The van der Waals surface area contributed by atoms with E-state index in [9.17, 15) is 9.59 Å². The molecule has 2 saturated heterocycles. The van der Waals surface area contributed by atoms with Crippen LogP contribution in [0.4, 0.5) is 5.69 Å². The van der Waals surface area contributed by atoms with Gasteiger partial charge in [-0.2, -0.15) is 11.8 Å². The van der Waals surface area contributed by atoms with E-state index < -0.39 is 0 Å². The lowest BCUT2D eigenvalue weighted by Crippen LogP contribution is -2.49. The van der Waals surface area contributed by atoms with Gasteiger partial charge < -0.3 is 9.80 Å². The fourth-order valence-electron chi connectivity index (χ4n) is 4.95. The fraction of sp³-hybridized carbons (Fsp3) is 0.565. The van der Waals surface area contributed by atoms with Crippen LogP contribution in [-0.2, 0) is 15.0 Å². The standard InChI is InChI=1S/C23H31N3O2S/c1-23(2)18-7-4-5-8-19(18)24(3)21(23)15-17(27)16-26-10-6-9-20(26)22(28)25-11-13-29-14-12-25/h4-5,7-8,15,20H,6,9-14,16H2,1-3H3/b21-15-. The smallest absolute Gasteiger partial charge is 0.239 e. The van der Waals surface area contributed by atoms with E-state index in [1.54, 1.807) is 6.08 Å². The minimum Gasteiger partial charge on any atom is -0.347 e. The molecule has 0 aromatic heterocycles. The quantitative estimate of drug-likeness (QED) is 0.710. The Balaban J connectivity index is 1.47. The van der Waals surface area contributed by atoms with Crippen LogP contribution in [0.2, 0.25) is 0 Å². The molecule has 156 valence electrons. The summed E-state index contributed by atoms with van der Waals surface area (Å²) in [6.07, 6.45) is 3.65. The molecule has 2 fully saturated rings. The molecule has 0 N–H and O–H groups in total. The third kappa shape index (κ3) is 3.84. The summed E-state index contributed by atoms with van der Waals surface area (Å²) < 4.78 is 0. The Morgan fingerprint density at radius 3 is 2.62 bits per heavy atom. The van der Waals surface area contributed by atoms with Gasteiger partial charge >= 0.3 is 0 Å². The van der Waals surface area contributed by atoms with Crippen LogP contribution in [0.3, 0.4) is 0 Å². The first-order chi connectivity index (χ1) is 13.9. The summed E-state index contributed by atoms with van der Waals surface area (Å²) in [6.45, 7) is 7.16. The summed E-state index contributed by atoms with van der Waals surface area (Å²) >= 11 is 1.91. The molecule has 0 spiro atoms. The molecule has 5 nitrogen and oxygen atoms in total. The third-order valence-electron chi connectivity index (χ3n) is 6.57. The van der Waals surface area contributed by atoms with E-state index in [1.165, 1.54) is 5.56 Å². The Morgan fingerprint density at radius 1 is 1.17 bits per heavy atom. The molecule has 0 saturated carbocycles. The van der Waals surface area contributed by atoms with Gasteiger partial charge in [-0.15, -0.1) is 0 Å². The molecule has 0 radical (unpaired) electrons. The minimum absolute atomic E-state index is 0.0848. The Morgan fingerprint density at radius 2 is 1.90 bits per heavy atom. The second kappa shape index (κ2) is 8.15. The highest BCUT2D eigenvalue weighted by molar-refractivity contribution is 7.99. The van der Waals surface area contributed by atoms with E-state index in [0.29, 0.717) is 6.54 Å². The fourth-order valence-corrected chi connectivity index (χ4v) is 5.85. The number of amides is 1. The molecule has 3 heterocycles. The number of likely N-dealkylation sites (N-methyl/N-ethyl adjacent to an activating group) is 1. The van der Waals surface area contributed by atoms with Crippen molar-refractivity contribution >= 4 is 29.1 Å². The lowest BCUT2D eigenvalue weighted by Gasteiger charge is -2.32. The summed E-state index contributed by atoms with van der Waals surface area (Å²) in [5, 5.41) is 0. The van der Waals surface area contributed by atoms with Gasteiger partial charge in [0.15, 0.2) is 5.78 Å². The molecule has 1 aromatic carbocycles. The van der Waals surface area contributed by atoms with Crippen LogP contribution in [0.5, 0.6) is 0 Å². The number of thioether (sulfide) groups is 1. The van der Waals surface area contributed by atoms with Crippen LogP contribution in [-0.4, -0.2) is 72.3 Å². The van der Waals surface area contributed by atoms with E-state index in [-0.39, 0.29) is 23.1 Å². The van der Waals surface area contributed by atoms with Crippen LogP contribution in [0.25, 0.3) is 0 Å². The number of carbonyl (C=O) groups excluding carboxylic acids is 2. The number of carbonyl (C=O) groups is 2. The van der Waals surface area contributed by atoms with Crippen molar-refractivity contribution in [2.75, 3.05) is 49.6 Å². The third-order valence-corrected chi connectivity index (χ3v) is 7.51. The highest BCUT2D eigenvalue weighted by Crippen LogP contribution is 2.46. The second-order valence-electron chi connectivity index (χ2n) is 8.76. The molecule has 1 unspecified atom stereocenters. The maximum absolute atomic E-state index is 13.0. The summed E-state index contributed by atoms with van der Waals surface area (Å²) in [6, 6.07) is 8.21. The van der Waals surface area contributed by atoms with Crippen molar-refractivity contribution in [3.63, 3.8) is 0 Å². The van der Waals surface area contributed by atoms with Crippen LogP contribution in [0, 0.1) is 0 Å². The number of allylic oxidation sites excluding steroid dienone is 1. The second-order valence-corrected chi connectivity index (χ2v) is 9.99. The van der Waals surface area contributed by atoms with Crippen molar-refractivity contribution < 1.29 is 9.59 Å². The first-order valence-electron chi connectivity index (χ1n) is 10.6. The summed E-state index contributed by atoms with van der Waals surface area (Å²) in [4.78, 5) is 32.2. The van der Waals surface area contributed by atoms with Crippen molar-refractivity contribution in [1.82, 2.24) is 9.80 Å². The number of benzene rings is 1. The van der Waals surface area contributed by atoms with Crippen molar-refractivity contribution in [2.24, 2.45) is 0 Å². The number of fused-ring (bicyclic) bond motifs is 1. The average molecular weight is 414 g/mol. The molecular weight excluding hydrogens is 382 g/mol. The molecule has 1 amide bonds. The number of hydrogen-bond donors (Lipinski definition) is 0. The number of para-hydroxylation sites is 1. The van der Waals surface area contributed by atoms with Crippen molar-refractivity contribution in [3.05, 3.63) is 41.6 Å². The summed E-state index contributed by atoms with van der Waals surface area (Å²) in [5.74, 6) is 2.34. The molecule has 0 aliphatic carbocycles. The van der Waals surface area contributed by atoms with Gasteiger partial charge in [0.1, 0.15) is 0 Å². The zero-order valence-corrected chi connectivity index (χ0v) is 18.5. The highest BCUT2D eigenvalue weighted by atomic mass is 32.2. The van der Waals surface area contributed by atoms with Gasteiger partial charge in [-0.05, 0) is 31.0 Å². The number of rotatable bonds is 4. The Labute approximate surface area is 178 Å². The number of anilines is 1. The van der Waals surface area contributed by atoms with Crippen molar-refractivity contribution in [2.45, 2.75) is 38.1 Å². The van der Waals surface area contributed by atoms with Crippen LogP contribution < -0.4 is 4.90 Å². The van der Waals surface area contributed by atoms with Crippen LogP contribution >= 0.6 is 11.8 Å². The first kappa shape index (κ1) is 20.5. The summed E-state index contributed by atoms with van der Waals surface area (Å²) in [7, 11) is 2.03. The molecular formula is C23H31N3O2S. The predicted octanol–water partition coefficient (Wildman–Crippen LogP) is 2.91. The maximum atomic E-state index is 13.0. The minimum atomic E-state index is -0.202. The number of ketones is 1. The highest BCUT2D eigenvalue weighted by Gasteiger charge is 2.39. The lowest BCUT2D eigenvalue weighted by atomic mass is 9.83. The molecule has 1 atom stereocenters. The topological polar surface area (TPSA) is 43.9 Å². The molecule has 0 bridgehead atoms. The molecule has 29 heavy (non-hydrogen) atoms. The van der Waals surface area contributed by atoms with E-state index >= 15 is 0 Å². The molecule has 1 aromatic rings. The van der Waals surface area contributed by atoms with Gasteiger partial charge in [0.2, 0.25) is 5.91 Å². The Kier molecular flexibility index (Phi) is 5.76. The van der Waals surface area contributed by atoms with Gasteiger partial charge in [0, 0.05) is 54.5 Å². The van der Waals surface area contributed by atoms with Crippen LogP contribution in [0.15, 0.2) is 36.0 Å². The molecule has 6 heteroatoms. The van der Waals surface area contributed by atoms with E-state index in [0.717, 1.165) is 55.4 Å². The SMILES string of the molecule is CN1/C(=C\C(=O)CN2CCCC2C(=O)N2CCSCC2)C(C)(C)c2ccccc21. The number of hydrogen-bond acceptors (Lipinski definition) is 5. The average Bonchev–Trinajstić information content (AvgIpc) is 3.25. The zero-order valence-electron chi connectivity index (χ0n) is 17.7. The maximum Gasteiger partial charge on any atom is 0.239 e. The zero-order chi connectivity index (χ0) is 20.6. The molecule has 3 aliphatic rings. The van der Waals surface area contributed by atoms with E-state index in [4.69, 9.17) is 0 Å². The number of likely N-dealkylation sites (tertiary alicyclic amines) is 1. The molecule has 4 rings (SSSR count). The van der Waals surface area contributed by atoms with Gasteiger partial charge in [-0.1, -0.05) is 32.0 Å². The number of nitrogens with zero attached hydrogens (tertiary/aromatic N) is 3. The van der Waals surface area contributed by atoms with Gasteiger partial charge in [0.25, 0.3) is 0 Å². The van der Waals surface area contributed by atoms with E-state index in [2.05, 4.69) is 41.8 Å². The van der Waals surface area contributed by atoms with Gasteiger partial charge in [-0.25, -0.2) is 0 Å². The summed E-state index contributed by atoms with van der Waals surface area (Å²) in [5.41, 5.74) is 3.23. The van der Waals surface area contributed by atoms with Crippen LogP contribution in [0.1, 0.15) is 32.3 Å². The van der Waals surface area contributed by atoms with Crippen molar-refractivity contribution in [1.29, 1.82) is 0 Å². The Hall–Kier alpha value is -1.79. The normalized spacial score (nSPS) is 25.5. The predicted molar refractivity (Wildman–Crippen MR) is 119 cm³/mol. The monoisotopic (exact) mass is 413 g/mol. The van der Waals surface area contributed by atoms with Crippen molar-refractivity contribution in [3.8, 4) is 0 Å².